The summed E-state index contributed by atoms with van der Waals surface area (Å²) in [6.07, 6.45) is 7.33. The maximum atomic E-state index is 11.2. The fourth-order valence-corrected chi connectivity index (χ4v) is 3.08. The molecule has 112 valence electrons. The smallest absolute Gasteiger partial charge is 0.307 e. The number of unbranched alkanes of at least 4 members (excludes halogenated alkanes) is 1. The van der Waals surface area contributed by atoms with Crippen LogP contribution in [0.1, 0.15) is 59.8 Å². The molecule has 3 unspecified atom stereocenters. The summed E-state index contributed by atoms with van der Waals surface area (Å²) in [5, 5.41) is 18.5. The molecule has 1 saturated carbocycles. The van der Waals surface area contributed by atoms with Crippen LogP contribution in [0.25, 0.3) is 0 Å². The molecule has 20 heavy (non-hydrogen) atoms. The largest absolute Gasteiger partial charge is 0.481 e. The maximum Gasteiger partial charge on any atom is 0.307 e. The van der Waals surface area contributed by atoms with Gasteiger partial charge in [-0.25, -0.2) is 0 Å². The zero-order valence-electron chi connectivity index (χ0n) is 13.1. The summed E-state index contributed by atoms with van der Waals surface area (Å²) in [4.78, 5) is 11.2. The van der Waals surface area contributed by atoms with Gasteiger partial charge in [0.2, 0.25) is 0 Å². The van der Waals surface area contributed by atoms with Gasteiger partial charge in [0.15, 0.2) is 0 Å². The van der Waals surface area contributed by atoms with E-state index >= 15 is 0 Å². The van der Waals surface area contributed by atoms with Gasteiger partial charge >= 0.3 is 5.97 Å². The van der Waals surface area contributed by atoms with Crippen molar-refractivity contribution in [3.63, 3.8) is 0 Å². The van der Waals surface area contributed by atoms with Crippen LogP contribution in [0, 0.1) is 34.5 Å². The summed E-state index contributed by atoms with van der Waals surface area (Å²) >= 11 is 0. The molecule has 3 heteroatoms. The van der Waals surface area contributed by atoms with Gasteiger partial charge in [-0.3, -0.25) is 4.79 Å². The highest BCUT2D eigenvalue weighted by Crippen LogP contribution is 2.59. The van der Waals surface area contributed by atoms with Gasteiger partial charge in [-0.2, -0.15) is 5.26 Å². The van der Waals surface area contributed by atoms with Crippen molar-refractivity contribution in [2.75, 3.05) is 0 Å². The van der Waals surface area contributed by atoms with E-state index in [1.807, 2.05) is 19.9 Å². The molecule has 0 saturated heterocycles. The van der Waals surface area contributed by atoms with E-state index in [9.17, 15) is 15.2 Å². The van der Waals surface area contributed by atoms with E-state index in [4.69, 9.17) is 0 Å². The van der Waals surface area contributed by atoms with Crippen LogP contribution in [0.5, 0.6) is 0 Å². The van der Waals surface area contributed by atoms with Crippen molar-refractivity contribution in [3.05, 3.63) is 11.6 Å². The topological polar surface area (TPSA) is 61.1 Å². The number of hydrogen-bond donors (Lipinski definition) is 1. The molecule has 1 fully saturated rings. The SMILES string of the molecule is CCCCC(CC)C/C(C#N)=C/C1C(C(=O)O)C1(C)C. The molecular weight excluding hydrogens is 250 g/mol. The molecule has 3 nitrogen and oxygen atoms in total. The third-order valence-electron chi connectivity index (χ3n) is 4.75. The predicted octanol–water partition coefficient (Wildman–Crippen LogP) is 4.40. The van der Waals surface area contributed by atoms with Gasteiger partial charge in [0.05, 0.1) is 12.0 Å². The first kappa shape index (κ1) is 16.8. The Hall–Kier alpha value is -1.30. The standard InChI is InChI=1S/C17H27NO2/c1-5-7-8-12(6-2)9-13(11-18)10-14-15(16(19)20)17(14,3)4/h10,12,14-15H,5-9H2,1-4H3,(H,19,20)/b13-10-. The summed E-state index contributed by atoms with van der Waals surface area (Å²) in [5.41, 5.74) is 0.564. The number of hydrogen-bond acceptors (Lipinski definition) is 2. The molecule has 0 amide bonds. The Kier molecular flexibility index (Phi) is 5.80. The van der Waals surface area contributed by atoms with Gasteiger partial charge in [-0.1, -0.05) is 59.5 Å². The minimum Gasteiger partial charge on any atom is -0.481 e. The lowest BCUT2D eigenvalue weighted by atomic mass is 9.91. The molecular formula is C17H27NO2. The molecule has 0 heterocycles. The van der Waals surface area contributed by atoms with Crippen LogP contribution in [0.3, 0.4) is 0 Å². The number of nitriles is 1. The van der Waals surface area contributed by atoms with Gasteiger partial charge in [-0.05, 0) is 23.7 Å². The lowest BCUT2D eigenvalue weighted by molar-refractivity contribution is -0.139. The maximum absolute atomic E-state index is 11.2. The van der Waals surface area contributed by atoms with Crippen LogP contribution in [-0.4, -0.2) is 11.1 Å². The zero-order valence-corrected chi connectivity index (χ0v) is 13.1. The van der Waals surface area contributed by atoms with E-state index in [2.05, 4.69) is 19.9 Å². The minimum absolute atomic E-state index is 0.0123. The van der Waals surface area contributed by atoms with Crippen LogP contribution in [-0.2, 0) is 4.79 Å². The zero-order chi connectivity index (χ0) is 15.3. The minimum atomic E-state index is -0.744. The monoisotopic (exact) mass is 277 g/mol. The van der Waals surface area contributed by atoms with Crippen LogP contribution in [0.15, 0.2) is 11.6 Å². The van der Waals surface area contributed by atoms with E-state index in [0.717, 1.165) is 24.8 Å². The highest BCUT2D eigenvalue weighted by molar-refractivity contribution is 5.76. The Morgan fingerprint density at radius 1 is 1.45 bits per heavy atom. The van der Waals surface area contributed by atoms with Crippen LogP contribution in [0.4, 0.5) is 0 Å². The average Bonchev–Trinajstić information content (AvgIpc) is 2.94. The third-order valence-corrected chi connectivity index (χ3v) is 4.75. The molecule has 0 aromatic rings. The van der Waals surface area contributed by atoms with Gasteiger partial charge in [-0.15, -0.1) is 0 Å². The molecule has 1 aliphatic carbocycles. The van der Waals surface area contributed by atoms with Crippen LogP contribution >= 0.6 is 0 Å². The highest BCUT2D eigenvalue weighted by Gasteiger charge is 2.60. The fourth-order valence-electron chi connectivity index (χ4n) is 3.08. The Morgan fingerprint density at radius 3 is 2.50 bits per heavy atom. The Bertz CT molecular complexity index is 417. The molecule has 0 spiro atoms. The first-order valence-corrected chi connectivity index (χ1v) is 7.72. The Morgan fingerprint density at radius 2 is 2.10 bits per heavy atom. The van der Waals surface area contributed by atoms with E-state index < -0.39 is 5.97 Å². The molecule has 0 aromatic heterocycles. The molecule has 3 atom stereocenters. The summed E-state index contributed by atoms with van der Waals surface area (Å²) < 4.78 is 0. The van der Waals surface area contributed by atoms with Gasteiger partial charge in [0.1, 0.15) is 0 Å². The fraction of sp³-hybridized carbons (Fsp3) is 0.765. The average molecular weight is 277 g/mol. The van der Waals surface area contributed by atoms with Crippen molar-refractivity contribution in [1.82, 2.24) is 0 Å². The number of nitrogens with zero attached hydrogens (tertiary/aromatic N) is 1. The second-order valence-corrected chi connectivity index (χ2v) is 6.59. The third kappa shape index (κ3) is 3.85. The number of aliphatic carboxylic acids is 1. The Balaban J connectivity index is 2.70. The first-order chi connectivity index (χ1) is 9.38. The number of carboxylic acid groups (broad SMARTS) is 1. The quantitative estimate of drug-likeness (QED) is 0.669. The second kappa shape index (κ2) is 6.92. The highest BCUT2D eigenvalue weighted by atomic mass is 16.4. The van der Waals surface area contributed by atoms with Crippen molar-refractivity contribution >= 4 is 5.97 Å². The summed E-state index contributed by atoms with van der Waals surface area (Å²) in [6, 6.07) is 2.28. The van der Waals surface area contributed by atoms with Crippen molar-refractivity contribution in [3.8, 4) is 6.07 Å². The summed E-state index contributed by atoms with van der Waals surface area (Å²) in [5.74, 6) is -0.516. The van der Waals surface area contributed by atoms with E-state index in [-0.39, 0.29) is 17.3 Å². The van der Waals surface area contributed by atoms with Gasteiger partial charge in [0.25, 0.3) is 0 Å². The van der Waals surface area contributed by atoms with Crippen molar-refractivity contribution in [2.45, 2.75) is 59.8 Å². The lowest BCUT2D eigenvalue weighted by Gasteiger charge is -2.13. The van der Waals surface area contributed by atoms with E-state index in [1.54, 1.807) is 0 Å². The molecule has 1 N–H and O–H groups in total. The summed E-state index contributed by atoms with van der Waals surface area (Å²) in [7, 11) is 0. The molecule has 1 aliphatic rings. The van der Waals surface area contributed by atoms with Crippen molar-refractivity contribution in [1.29, 1.82) is 5.26 Å². The predicted molar refractivity (Wildman–Crippen MR) is 80.0 cm³/mol. The van der Waals surface area contributed by atoms with Gasteiger partial charge < -0.3 is 5.11 Å². The number of carboxylic acids is 1. The molecule has 0 radical (unpaired) electrons. The number of carbonyl (C=O) groups is 1. The van der Waals surface area contributed by atoms with Crippen molar-refractivity contribution in [2.24, 2.45) is 23.2 Å². The van der Waals surface area contributed by atoms with Crippen LogP contribution < -0.4 is 0 Å². The molecule has 0 aromatic carbocycles. The van der Waals surface area contributed by atoms with E-state index in [1.165, 1.54) is 12.8 Å². The van der Waals surface area contributed by atoms with E-state index in [0.29, 0.717) is 5.92 Å². The molecule has 0 bridgehead atoms. The second-order valence-electron chi connectivity index (χ2n) is 6.59. The normalized spacial score (nSPS) is 25.9. The van der Waals surface area contributed by atoms with Crippen molar-refractivity contribution < 1.29 is 9.90 Å². The molecule has 1 rings (SSSR count). The molecule has 0 aliphatic heterocycles. The number of rotatable bonds is 8. The van der Waals surface area contributed by atoms with Crippen LogP contribution in [0.2, 0.25) is 0 Å². The lowest BCUT2D eigenvalue weighted by Crippen LogP contribution is -2.03. The Labute approximate surface area is 122 Å². The number of allylic oxidation sites excluding steroid dienone is 2. The summed E-state index contributed by atoms with van der Waals surface area (Å²) in [6.45, 7) is 8.28. The van der Waals surface area contributed by atoms with Gasteiger partial charge in [0, 0.05) is 5.57 Å². The first-order valence-electron chi connectivity index (χ1n) is 7.72.